The highest BCUT2D eigenvalue weighted by Gasteiger charge is 2.35. The van der Waals surface area contributed by atoms with Crippen molar-refractivity contribution in [3.63, 3.8) is 0 Å². The van der Waals surface area contributed by atoms with E-state index in [2.05, 4.69) is 18.0 Å². The number of nitrogens with zero attached hydrogens (tertiary/aromatic N) is 2. The van der Waals surface area contributed by atoms with Gasteiger partial charge in [-0.25, -0.2) is 0 Å². The fourth-order valence-corrected chi connectivity index (χ4v) is 4.43. The maximum atomic E-state index is 13.3. The summed E-state index contributed by atoms with van der Waals surface area (Å²) in [5, 5.41) is 0.758. The molecular formula is C23H24N2O2S. The van der Waals surface area contributed by atoms with Crippen molar-refractivity contribution in [2.75, 3.05) is 18.1 Å². The van der Waals surface area contributed by atoms with Crippen LogP contribution in [0.2, 0.25) is 0 Å². The lowest BCUT2D eigenvalue weighted by Crippen LogP contribution is -2.29. The van der Waals surface area contributed by atoms with Gasteiger partial charge in [0.1, 0.15) is 5.75 Å². The lowest BCUT2D eigenvalue weighted by molar-refractivity contribution is -0.113. The van der Waals surface area contributed by atoms with Gasteiger partial charge < -0.3 is 4.74 Å². The van der Waals surface area contributed by atoms with E-state index in [1.165, 1.54) is 17.3 Å². The van der Waals surface area contributed by atoms with Crippen molar-refractivity contribution >= 4 is 34.6 Å². The number of carbonyl (C=O) groups excluding carboxylic acids is 1. The number of hydrogen-bond acceptors (Lipinski definition) is 4. The zero-order valence-corrected chi connectivity index (χ0v) is 17.1. The van der Waals surface area contributed by atoms with Gasteiger partial charge in [-0.3, -0.25) is 14.7 Å². The molecule has 2 aromatic rings. The maximum absolute atomic E-state index is 13.3. The largest absolute Gasteiger partial charge is 0.493 e. The highest BCUT2D eigenvalue weighted by molar-refractivity contribution is 8.19. The van der Waals surface area contributed by atoms with Crippen molar-refractivity contribution in [2.45, 2.75) is 33.1 Å². The predicted molar refractivity (Wildman–Crippen MR) is 117 cm³/mol. The Kier molecular flexibility index (Phi) is 5.53. The number of ether oxygens (including phenoxy) is 1. The van der Waals surface area contributed by atoms with Crippen LogP contribution in [0.5, 0.6) is 5.75 Å². The summed E-state index contributed by atoms with van der Waals surface area (Å²) >= 11 is 1.46. The van der Waals surface area contributed by atoms with E-state index in [1.807, 2.05) is 49.4 Å². The Morgan fingerprint density at radius 3 is 2.93 bits per heavy atom. The molecule has 0 aliphatic carbocycles. The number of hydrogen-bond donors (Lipinski definition) is 0. The normalized spacial score (nSPS) is 19.2. The molecule has 0 bridgehead atoms. The van der Waals surface area contributed by atoms with E-state index in [9.17, 15) is 4.79 Å². The Labute approximate surface area is 170 Å². The second-order valence-electron chi connectivity index (χ2n) is 7.02. The summed E-state index contributed by atoms with van der Waals surface area (Å²) in [7, 11) is 0. The number of aryl methyl sites for hydroxylation is 2. The second-order valence-corrected chi connectivity index (χ2v) is 8.03. The number of para-hydroxylation sites is 1. The van der Waals surface area contributed by atoms with E-state index in [1.54, 1.807) is 4.90 Å². The molecule has 0 aromatic heterocycles. The van der Waals surface area contributed by atoms with Crippen LogP contribution in [0, 0.1) is 6.92 Å². The Morgan fingerprint density at radius 1 is 1.25 bits per heavy atom. The monoisotopic (exact) mass is 392 g/mol. The van der Waals surface area contributed by atoms with Crippen LogP contribution < -0.4 is 9.64 Å². The average molecular weight is 393 g/mol. The summed E-state index contributed by atoms with van der Waals surface area (Å²) in [4.78, 5) is 20.4. The Hall–Kier alpha value is -2.53. The van der Waals surface area contributed by atoms with Gasteiger partial charge in [0.25, 0.3) is 5.91 Å². The molecule has 0 spiro atoms. The molecule has 2 aliphatic heterocycles. The number of amides is 1. The molecular weight excluding hydrogens is 368 g/mol. The zero-order valence-electron chi connectivity index (χ0n) is 16.3. The maximum Gasteiger partial charge on any atom is 0.271 e. The van der Waals surface area contributed by atoms with E-state index in [0.29, 0.717) is 11.4 Å². The zero-order chi connectivity index (χ0) is 19.5. The van der Waals surface area contributed by atoms with Crippen LogP contribution in [0.1, 0.15) is 36.5 Å². The minimum absolute atomic E-state index is 0.0110. The first kappa shape index (κ1) is 18.8. The predicted octanol–water partition coefficient (Wildman–Crippen LogP) is 5.21. The SMILES string of the molecule is CCCN=C1S/C(=C\c2ccc3c(c2)CCCO3)C(=O)N1c1ccccc1C. The first-order chi connectivity index (χ1) is 13.7. The molecule has 4 rings (SSSR count). The quantitative estimate of drug-likeness (QED) is 0.671. The highest BCUT2D eigenvalue weighted by Crippen LogP contribution is 2.37. The lowest BCUT2D eigenvalue weighted by atomic mass is 10.0. The van der Waals surface area contributed by atoms with Gasteiger partial charge >= 0.3 is 0 Å². The summed E-state index contributed by atoms with van der Waals surface area (Å²) in [6.45, 7) is 5.61. The molecule has 1 fully saturated rings. The molecule has 0 atom stereocenters. The standard InChI is InChI=1S/C23H24N2O2S/c1-3-12-24-23-25(19-9-5-4-7-16(19)2)22(26)21(28-23)15-17-10-11-20-18(14-17)8-6-13-27-20/h4-5,7,9-11,14-15H,3,6,8,12-13H2,1-2H3/b21-15-,24-23?. The first-order valence-corrected chi connectivity index (χ1v) is 10.6. The number of benzene rings is 2. The Bertz CT molecular complexity index is 965. The molecule has 2 aliphatic rings. The van der Waals surface area contributed by atoms with Crippen LogP contribution in [-0.2, 0) is 11.2 Å². The van der Waals surface area contributed by atoms with E-state index in [4.69, 9.17) is 4.74 Å². The fourth-order valence-electron chi connectivity index (χ4n) is 3.43. The molecule has 1 saturated heterocycles. The molecule has 0 N–H and O–H groups in total. The lowest BCUT2D eigenvalue weighted by Gasteiger charge is -2.18. The van der Waals surface area contributed by atoms with Gasteiger partial charge in [0.2, 0.25) is 0 Å². The van der Waals surface area contributed by atoms with Crippen molar-refractivity contribution in [3.8, 4) is 5.75 Å². The molecule has 2 heterocycles. The second kappa shape index (κ2) is 8.23. The van der Waals surface area contributed by atoms with Gasteiger partial charge in [-0.1, -0.05) is 31.2 Å². The topological polar surface area (TPSA) is 41.9 Å². The van der Waals surface area contributed by atoms with Crippen LogP contribution in [0.4, 0.5) is 5.69 Å². The molecule has 1 amide bonds. The summed E-state index contributed by atoms with van der Waals surface area (Å²) < 4.78 is 5.70. The van der Waals surface area contributed by atoms with Crippen molar-refractivity contribution in [1.82, 2.24) is 0 Å². The summed E-state index contributed by atoms with van der Waals surface area (Å²) in [5.74, 6) is 0.952. The average Bonchev–Trinajstić information content (AvgIpc) is 3.02. The molecule has 5 heteroatoms. The number of anilines is 1. The molecule has 0 unspecified atom stereocenters. The summed E-state index contributed by atoms with van der Waals surface area (Å²) in [6, 6.07) is 14.1. The Morgan fingerprint density at radius 2 is 2.11 bits per heavy atom. The molecule has 144 valence electrons. The Balaban J connectivity index is 1.70. The van der Waals surface area contributed by atoms with Gasteiger partial charge in [-0.2, -0.15) is 0 Å². The molecule has 0 radical (unpaired) electrons. The van der Waals surface area contributed by atoms with E-state index in [0.717, 1.165) is 53.6 Å². The van der Waals surface area contributed by atoms with E-state index >= 15 is 0 Å². The fraction of sp³-hybridized carbons (Fsp3) is 0.304. The van der Waals surface area contributed by atoms with Crippen molar-refractivity contribution in [1.29, 1.82) is 0 Å². The third kappa shape index (κ3) is 3.72. The molecule has 0 saturated carbocycles. The highest BCUT2D eigenvalue weighted by atomic mass is 32.2. The van der Waals surface area contributed by atoms with Crippen LogP contribution >= 0.6 is 11.8 Å². The minimum atomic E-state index is -0.0110. The first-order valence-electron chi connectivity index (χ1n) is 9.77. The molecule has 4 nitrogen and oxygen atoms in total. The van der Waals surface area contributed by atoms with Gasteiger partial charge in [-0.05, 0) is 78.9 Å². The van der Waals surface area contributed by atoms with Crippen LogP contribution in [0.15, 0.2) is 52.4 Å². The van der Waals surface area contributed by atoms with E-state index in [-0.39, 0.29) is 5.91 Å². The number of amidine groups is 1. The van der Waals surface area contributed by atoms with Crippen LogP contribution in [0.25, 0.3) is 6.08 Å². The third-order valence-corrected chi connectivity index (χ3v) is 5.87. The summed E-state index contributed by atoms with van der Waals surface area (Å²) in [6.07, 6.45) is 4.98. The van der Waals surface area contributed by atoms with Gasteiger partial charge in [0, 0.05) is 6.54 Å². The van der Waals surface area contributed by atoms with Gasteiger partial charge in [0.15, 0.2) is 5.17 Å². The van der Waals surface area contributed by atoms with Gasteiger partial charge in [-0.15, -0.1) is 0 Å². The molecule has 28 heavy (non-hydrogen) atoms. The smallest absolute Gasteiger partial charge is 0.271 e. The number of carbonyl (C=O) groups is 1. The van der Waals surface area contributed by atoms with E-state index < -0.39 is 0 Å². The van der Waals surface area contributed by atoms with Crippen LogP contribution in [-0.4, -0.2) is 24.2 Å². The minimum Gasteiger partial charge on any atom is -0.493 e. The third-order valence-electron chi connectivity index (χ3n) is 4.86. The van der Waals surface area contributed by atoms with Crippen molar-refractivity contribution < 1.29 is 9.53 Å². The van der Waals surface area contributed by atoms with Crippen molar-refractivity contribution in [2.24, 2.45) is 4.99 Å². The number of thioether (sulfide) groups is 1. The van der Waals surface area contributed by atoms with Crippen molar-refractivity contribution in [3.05, 3.63) is 64.1 Å². The van der Waals surface area contributed by atoms with Gasteiger partial charge in [0.05, 0.1) is 17.2 Å². The van der Waals surface area contributed by atoms with Crippen LogP contribution in [0.3, 0.4) is 0 Å². The number of aliphatic imine (C=N–C) groups is 1. The summed E-state index contributed by atoms with van der Waals surface area (Å²) in [5.41, 5.74) is 4.21. The number of rotatable bonds is 4. The number of fused-ring (bicyclic) bond motifs is 1. The molecule has 2 aromatic carbocycles.